The highest BCUT2D eigenvalue weighted by Gasteiger charge is 2.60. The van der Waals surface area contributed by atoms with Crippen molar-refractivity contribution in [2.45, 2.75) is 62.3 Å². The molecular weight excluding hydrogens is 330 g/mol. The fourth-order valence-electron chi connectivity index (χ4n) is 6.16. The van der Waals surface area contributed by atoms with Crippen LogP contribution in [0.5, 0.6) is 0 Å². The lowest BCUT2D eigenvalue weighted by atomic mass is 9.49. The number of amides is 1. The predicted octanol–water partition coefficient (Wildman–Crippen LogP) is 2.95. The zero-order valence-electron chi connectivity index (χ0n) is 12.9. The number of halogens is 1. The third-order valence-corrected chi connectivity index (χ3v) is 7.59. The van der Waals surface area contributed by atoms with Crippen LogP contribution in [0.3, 0.4) is 0 Å². The predicted molar refractivity (Wildman–Crippen MR) is 85.1 cm³/mol. The SMILES string of the molecule is CCC1CN(C(=O)C23CC4CC(CC(Br)(C4)C2)C3)CC1O. The lowest BCUT2D eigenvalue weighted by Gasteiger charge is -2.60. The molecule has 1 saturated heterocycles. The van der Waals surface area contributed by atoms with Gasteiger partial charge in [-0.1, -0.05) is 22.9 Å². The van der Waals surface area contributed by atoms with Crippen molar-refractivity contribution in [1.29, 1.82) is 0 Å². The molecule has 0 aromatic rings. The molecule has 118 valence electrons. The van der Waals surface area contributed by atoms with E-state index in [0.717, 1.165) is 44.1 Å². The van der Waals surface area contributed by atoms with Crippen molar-refractivity contribution >= 4 is 21.8 Å². The molecule has 0 spiro atoms. The van der Waals surface area contributed by atoms with Gasteiger partial charge in [0.15, 0.2) is 0 Å². The average Bonchev–Trinajstić information content (AvgIpc) is 2.76. The van der Waals surface area contributed by atoms with Crippen molar-refractivity contribution in [1.82, 2.24) is 4.90 Å². The third kappa shape index (κ3) is 2.20. The fourth-order valence-corrected chi connectivity index (χ4v) is 7.61. The summed E-state index contributed by atoms with van der Waals surface area (Å²) < 4.78 is 0.231. The number of hydrogen-bond donors (Lipinski definition) is 1. The first-order valence-corrected chi connectivity index (χ1v) is 9.39. The van der Waals surface area contributed by atoms with Gasteiger partial charge in [0.25, 0.3) is 0 Å². The summed E-state index contributed by atoms with van der Waals surface area (Å²) in [7, 11) is 0. The van der Waals surface area contributed by atoms with Crippen LogP contribution in [0.4, 0.5) is 0 Å². The summed E-state index contributed by atoms with van der Waals surface area (Å²) in [6.45, 7) is 3.44. The van der Waals surface area contributed by atoms with Crippen molar-refractivity contribution in [3.8, 4) is 0 Å². The molecule has 5 fully saturated rings. The molecule has 0 radical (unpaired) electrons. The Morgan fingerprint density at radius 1 is 1.24 bits per heavy atom. The highest BCUT2D eigenvalue weighted by molar-refractivity contribution is 9.10. The zero-order chi connectivity index (χ0) is 14.8. The molecule has 1 heterocycles. The van der Waals surface area contributed by atoms with E-state index < -0.39 is 0 Å². The molecule has 1 aliphatic heterocycles. The van der Waals surface area contributed by atoms with Crippen molar-refractivity contribution in [2.75, 3.05) is 13.1 Å². The van der Waals surface area contributed by atoms with E-state index in [1.165, 1.54) is 19.3 Å². The van der Waals surface area contributed by atoms with Crippen LogP contribution >= 0.6 is 15.9 Å². The van der Waals surface area contributed by atoms with E-state index in [1.807, 2.05) is 4.90 Å². The molecule has 1 amide bonds. The molecule has 0 aromatic heterocycles. The third-order valence-electron chi connectivity index (χ3n) is 6.66. The van der Waals surface area contributed by atoms with Crippen LogP contribution < -0.4 is 0 Å². The Balaban J connectivity index is 1.57. The standard InChI is InChI=1S/C17H26BrNO2/c1-2-13-8-19(9-14(13)20)15(21)16-4-11-3-12(5-16)7-17(18,6-11)10-16/h11-14,20H,2-10H2,1H3. The Labute approximate surface area is 135 Å². The summed E-state index contributed by atoms with van der Waals surface area (Å²) >= 11 is 3.99. The highest BCUT2D eigenvalue weighted by Crippen LogP contribution is 2.65. The van der Waals surface area contributed by atoms with E-state index in [0.29, 0.717) is 12.5 Å². The summed E-state index contributed by atoms with van der Waals surface area (Å²) in [6.07, 6.45) is 7.73. The van der Waals surface area contributed by atoms with Crippen LogP contribution in [0, 0.1) is 23.2 Å². The molecular formula is C17H26BrNO2. The van der Waals surface area contributed by atoms with Crippen molar-refractivity contribution < 1.29 is 9.90 Å². The number of β-amino-alcohol motifs (C(OH)–C–C–N with tert-alkyl or cyclic N) is 1. The Bertz CT molecular complexity index is 452. The first-order chi connectivity index (χ1) is 9.93. The molecule has 4 heteroatoms. The Morgan fingerprint density at radius 2 is 1.90 bits per heavy atom. The van der Waals surface area contributed by atoms with E-state index in [1.54, 1.807) is 0 Å². The van der Waals surface area contributed by atoms with E-state index in [2.05, 4.69) is 22.9 Å². The Morgan fingerprint density at radius 3 is 2.43 bits per heavy atom. The summed E-state index contributed by atoms with van der Waals surface area (Å²) in [5.74, 6) is 2.12. The second-order valence-corrected chi connectivity index (χ2v) is 10.0. The van der Waals surface area contributed by atoms with Crippen molar-refractivity contribution in [3.05, 3.63) is 0 Å². The molecule has 0 aromatic carbocycles. The van der Waals surface area contributed by atoms with E-state index in [4.69, 9.17) is 0 Å². The molecule has 4 atom stereocenters. The summed E-state index contributed by atoms with van der Waals surface area (Å²) in [5.41, 5.74) is -0.115. The molecule has 4 saturated carbocycles. The van der Waals surface area contributed by atoms with Gasteiger partial charge in [-0.25, -0.2) is 0 Å². The Kier molecular flexibility index (Phi) is 3.25. The maximum atomic E-state index is 13.2. The number of alkyl halides is 1. The second kappa shape index (κ2) is 4.70. The van der Waals surface area contributed by atoms with Gasteiger partial charge in [-0.3, -0.25) is 4.79 Å². The van der Waals surface area contributed by atoms with Crippen LogP contribution in [0.1, 0.15) is 51.9 Å². The number of likely N-dealkylation sites (tertiary alicyclic amines) is 1. The minimum atomic E-state index is -0.314. The van der Waals surface area contributed by atoms with Gasteiger partial charge in [0.1, 0.15) is 0 Å². The molecule has 4 aliphatic carbocycles. The van der Waals surface area contributed by atoms with Gasteiger partial charge >= 0.3 is 0 Å². The van der Waals surface area contributed by atoms with Crippen molar-refractivity contribution in [3.63, 3.8) is 0 Å². The maximum Gasteiger partial charge on any atom is 0.228 e. The van der Waals surface area contributed by atoms with Gasteiger partial charge in [-0.2, -0.15) is 0 Å². The summed E-state index contributed by atoms with van der Waals surface area (Å²) in [5, 5.41) is 10.1. The van der Waals surface area contributed by atoms with Gasteiger partial charge in [-0.15, -0.1) is 0 Å². The van der Waals surface area contributed by atoms with Crippen LogP contribution in [0.15, 0.2) is 0 Å². The molecule has 4 unspecified atom stereocenters. The van der Waals surface area contributed by atoms with E-state index in [-0.39, 0.29) is 21.8 Å². The quantitative estimate of drug-likeness (QED) is 0.773. The molecule has 3 nitrogen and oxygen atoms in total. The molecule has 4 bridgehead atoms. The number of carbonyl (C=O) groups is 1. The number of aliphatic hydroxyl groups is 1. The fraction of sp³-hybridized carbons (Fsp3) is 0.941. The summed E-state index contributed by atoms with van der Waals surface area (Å²) in [6, 6.07) is 0. The zero-order valence-corrected chi connectivity index (χ0v) is 14.4. The van der Waals surface area contributed by atoms with Gasteiger partial charge < -0.3 is 10.0 Å². The van der Waals surface area contributed by atoms with E-state index >= 15 is 0 Å². The monoisotopic (exact) mass is 355 g/mol. The maximum absolute atomic E-state index is 13.2. The topological polar surface area (TPSA) is 40.5 Å². The van der Waals surface area contributed by atoms with Crippen LogP contribution in [0.2, 0.25) is 0 Å². The highest BCUT2D eigenvalue weighted by atomic mass is 79.9. The first-order valence-electron chi connectivity index (χ1n) is 8.59. The lowest BCUT2D eigenvalue weighted by molar-refractivity contribution is -0.154. The first kappa shape index (κ1) is 14.5. The molecule has 5 rings (SSSR count). The minimum Gasteiger partial charge on any atom is -0.391 e. The minimum absolute atomic E-state index is 0.115. The number of aliphatic hydroxyl groups excluding tert-OH is 1. The summed E-state index contributed by atoms with van der Waals surface area (Å²) in [4.78, 5) is 15.2. The largest absolute Gasteiger partial charge is 0.391 e. The van der Waals surface area contributed by atoms with Gasteiger partial charge in [-0.05, 0) is 56.8 Å². The average molecular weight is 356 g/mol. The number of rotatable bonds is 2. The van der Waals surface area contributed by atoms with Crippen LogP contribution in [-0.4, -0.2) is 39.4 Å². The van der Waals surface area contributed by atoms with Gasteiger partial charge in [0, 0.05) is 23.3 Å². The van der Waals surface area contributed by atoms with Crippen molar-refractivity contribution in [2.24, 2.45) is 23.2 Å². The number of nitrogens with zero attached hydrogens (tertiary/aromatic N) is 1. The number of carbonyl (C=O) groups excluding carboxylic acids is 1. The molecule has 5 aliphatic rings. The smallest absolute Gasteiger partial charge is 0.228 e. The van der Waals surface area contributed by atoms with Crippen LogP contribution in [-0.2, 0) is 4.79 Å². The van der Waals surface area contributed by atoms with E-state index in [9.17, 15) is 9.90 Å². The van der Waals surface area contributed by atoms with Crippen LogP contribution in [0.25, 0.3) is 0 Å². The van der Waals surface area contributed by atoms with Gasteiger partial charge in [0.05, 0.1) is 11.5 Å². The molecule has 1 N–H and O–H groups in total. The Hall–Kier alpha value is -0.0900. The number of hydrogen-bond acceptors (Lipinski definition) is 2. The lowest BCUT2D eigenvalue weighted by Crippen LogP contribution is -2.58. The normalized spacial score (nSPS) is 51.7. The van der Waals surface area contributed by atoms with Gasteiger partial charge in [0.2, 0.25) is 5.91 Å². The second-order valence-electron chi connectivity index (χ2n) is 8.34. The molecule has 21 heavy (non-hydrogen) atoms.